The summed E-state index contributed by atoms with van der Waals surface area (Å²) in [6.45, 7) is 0. The van der Waals surface area contributed by atoms with E-state index in [9.17, 15) is 8.42 Å². The van der Waals surface area contributed by atoms with Crippen molar-refractivity contribution in [2.45, 2.75) is 0 Å². The molecule has 0 heterocycles. The summed E-state index contributed by atoms with van der Waals surface area (Å²) < 4.78 is 23.9. The summed E-state index contributed by atoms with van der Waals surface area (Å²) in [4.78, 5) is 0. The highest BCUT2D eigenvalue weighted by atomic mass is 32.2. The number of anilines is 4. The van der Waals surface area contributed by atoms with Crippen LogP contribution < -0.4 is 21.9 Å². The van der Waals surface area contributed by atoms with Crippen LogP contribution in [0.4, 0.5) is 22.7 Å². The quantitative estimate of drug-likeness (QED) is 0.625. The van der Waals surface area contributed by atoms with Gasteiger partial charge in [0.1, 0.15) is 0 Å². The minimum absolute atomic E-state index is 0.417. The highest BCUT2D eigenvalue weighted by Crippen LogP contribution is 2.17. The van der Waals surface area contributed by atoms with Crippen LogP contribution >= 0.6 is 0 Å². The molecule has 108 valence electrons. The van der Waals surface area contributed by atoms with E-state index < -0.39 is 10.0 Å². The van der Waals surface area contributed by atoms with E-state index in [-0.39, 0.29) is 0 Å². The lowest BCUT2D eigenvalue weighted by atomic mass is 10.3. The summed E-state index contributed by atoms with van der Waals surface area (Å²) >= 11 is 0. The van der Waals surface area contributed by atoms with Crippen LogP contribution in [0.2, 0.25) is 0 Å². The molecule has 6 nitrogen and oxygen atoms in total. The Labute approximate surface area is 118 Å². The molecular weight excluding hydrogens is 276 g/mol. The summed E-state index contributed by atoms with van der Waals surface area (Å²) in [7, 11) is -3.23. The monoisotopic (exact) mass is 294 g/mol. The molecule has 0 atom stereocenters. The zero-order valence-corrected chi connectivity index (χ0v) is 11.9. The number of nitrogen functional groups attached to an aromatic ring is 3. The van der Waals surface area contributed by atoms with E-state index in [0.717, 1.165) is 6.26 Å². The van der Waals surface area contributed by atoms with Gasteiger partial charge in [-0.15, -0.1) is 0 Å². The van der Waals surface area contributed by atoms with Gasteiger partial charge in [-0.2, -0.15) is 0 Å². The van der Waals surface area contributed by atoms with Crippen molar-refractivity contribution in [2.75, 3.05) is 28.2 Å². The van der Waals surface area contributed by atoms with Crippen LogP contribution in [0.1, 0.15) is 0 Å². The highest BCUT2D eigenvalue weighted by Gasteiger charge is 2.03. The Morgan fingerprint density at radius 3 is 1.55 bits per heavy atom. The van der Waals surface area contributed by atoms with Gasteiger partial charge in [-0.05, 0) is 24.3 Å². The smallest absolute Gasteiger partial charge is 0.229 e. The van der Waals surface area contributed by atoms with E-state index in [4.69, 9.17) is 17.2 Å². The molecule has 0 amide bonds. The van der Waals surface area contributed by atoms with Crippen molar-refractivity contribution in [1.82, 2.24) is 0 Å². The lowest BCUT2D eigenvalue weighted by molar-refractivity contribution is 0.607. The second-order valence-corrected chi connectivity index (χ2v) is 5.84. The summed E-state index contributed by atoms with van der Waals surface area (Å²) in [5, 5.41) is 0. The molecule has 20 heavy (non-hydrogen) atoms. The number of para-hydroxylation sites is 4. The first-order chi connectivity index (χ1) is 9.29. The van der Waals surface area contributed by atoms with Crippen LogP contribution in [0.25, 0.3) is 0 Å². The Kier molecular flexibility index (Phi) is 5.22. The first-order valence-electron chi connectivity index (χ1n) is 5.72. The van der Waals surface area contributed by atoms with Gasteiger partial charge < -0.3 is 17.2 Å². The fourth-order valence-corrected chi connectivity index (χ4v) is 1.89. The van der Waals surface area contributed by atoms with Gasteiger partial charge in [0.15, 0.2) is 0 Å². The zero-order valence-electron chi connectivity index (χ0n) is 11.1. The fraction of sp³-hybridized carbons (Fsp3) is 0.0769. The number of rotatable bonds is 2. The number of sulfonamides is 1. The molecule has 0 saturated carbocycles. The van der Waals surface area contributed by atoms with Gasteiger partial charge in [-0.1, -0.05) is 24.3 Å². The van der Waals surface area contributed by atoms with E-state index in [0.29, 0.717) is 22.7 Å². The van der Waals surface area contributed by atoms with Gasteiger partial charge in [-0.25, -0.2) is 8.42 Å². The third kappa shape index (κ3) is 5.49. The lowest BCUT2D eigenvalue weighted by Crippen LogP contribution is -2.10. The Hall–Kier alpha value is -2.41. The molecule has 0 unspecified atom stereocenters. The number of benzene rings is 2. The SMILES string of the molecule is CS(=O)(=O)Nc1ccccc1N.Nc1ccccc1N. The summed E-state index contributed by atoms with van der Waals surface area (Å²) in [5.41, 5.74) is 18.4. The molecule has 0 aliphatic carbocycles. The van der Waals surface area contributed by atoms with Crippen molar-refractivity contribution < 1.29 is 8.42 Å². The minimum atomic E-state index is -3.23. The first-order valence-corrected chi connectivity index (χ1v) is 7.61. The van der Waals surface area contributed by atoms with Crippen molar-refractivity contribution in [3.8, 4) is 0 Å². The predicted octanol–water partition coefficient (Wildman–Crippen LogP) is 1.49. The van der Waals surface area contributed by atoms with E-state index in [2.05, 4.69) is 4.72 Å². The van der Waals surface area contributed by atoms with Crippen LogP contribution in [0.15, 0.2) is 48.5 Å². The standard InChI is InChI=1S/C7H10N2O2S.C6H8N2/c1-12(10,11)9-7-5-3-2-4-6(7)8;7-5-3-1-2-4-6(5)8/h2-5,9H,8H2,1H3;1-4H,7-8H2. The molecule has 0 spiro atoms. The molecule has 7 N–H and O–H groups in total. The van der Waals surface area contributed by atoms with Gasteiger partial charge in [0.2, 0.25) is 10.0 Å². The third-order valence-corrected chi connectivity index (χ3v) is 2.84. The third-order valence-electron chi connectivity index (χ3n) is 2.25. The van der Waals surface area contributed by atoms with Crippen molar-refractivity contribution >= 4 is 32.8 Å². The maximum absolute atomic E-state index is 10.8. The van der Waals surface area contributed by atoms with E-state index in [1.54, 1.807) is 36.4 Å². The molecule has 0 saturated heterocycles. The number of hydrogen-bond donors (Lipinski definition) is 4. The average Bonchev–Trinajstić information content (AvgIpc) is 2.35. The number of nitrogens with two attached hydrogens (primary N) is 3. The van der Waals surface area contributed by atoms with Crippen molar-refractivity contribution in [1.29, 1.82) is 0 Å². The Balaban J connectivity index is 0.000000217. The molecule has 0 fully saturated rings. The molecule has 0 aromatic heterocycles. The summed E-state index contributed by atoms with van der Waals surface area (Å²) in [5.74, 6) is 0. The van der Waals surface area contributed by atoms with Crippen LogP contribution in [0.5, 0.6) is 0 Å². The molecule has 0 aliphatic heterocycles. The summed E-state index contributed by atoms with van der Waals surface area (Å²) in [6.07, 6.45) is 1.08. The fourth-order valence-electron chi connectivity index (χ4n) is 1.30. The molecule has 0 bridgehead atoms. The van der Waals surface area contributed by atoms with Crippen LogP contribution in [-0.4, -0.2) is 14.7 Å². The normalized spacial score (nSPS) is 10.2. The van der Waals surface area contributed by atoms with Gasteiger partial charge in [0.25, 0.3) is 0 Å². The molecule has 7 heteroatoms. The minimum Gasteiger partial charge on any atom is -0.397 e. The second kappa shape index (κ2) is 6.67. The second-order valence-electron chi connectivity index (χ2n) is 4.09. The van der Waals surface area contributed by atoms with Crippen LogP contribution in [0.3, 0.4) is 0 Å². The van der Waals surface area contributed by atoms with Crippen LogP contribution in [-0.2, 0) is 10.0 Å². The zero-order chi connectivity index (χ0) is 15.2. The van der Waals surface area contributed by atoms with Gasteiger partial charge in [0.05, 0.1) is 29.0 Å². The van der Waals surface area contributed by atoms with Crippen molar-refractivity contribution in [2.24, 2.45) is 0 Å². The molecule has 0 radical (unpaired) electrons. The predicted molar refractivity (Wildman–Crippen MR) is 84.6 cm³/mol. The highest BCUT2D eigenvalue weighted by molar-refractivity contribution is 7.92. The topological polar surface area (TPSA) is 124 Å². The lowest BCUT2D eigenvalue weighted by Gasteiger charge is -2.05. The van der Waals surface area contributed by atoms with Crippen molar-refractivity contribution in [3.63, 3.8) is 0 Å². The van der Waals surface area contributed by atoms with Gasteiger partial charge in [0, 0.05) is 0 Å². The van der Waals surface area contributed by atoms with E-state index in [1.807, 2.05) is 12.1 Å². The Bertz CT molecular complexity index is 651. The number of nitrogens with one attached hydrogen (secondary N) is 1. The van der Waals surface area contributed by atoms with Gasteiger partial charge >= 0.3 is 0 Å². The molecule has 2 rings (SSSR count). The largest absolute Gasteiger partial charge is 0.397 e. The molecule has 2 aromatic rings. The molecule has 2 aromatic carbocycles. The van der Waals surface area contributed by atoms with E-state index in [1.165, 1.54) is 0 Å². The summed E-state index contributed by atoms with van der Waals surface area (Å²) in [6, 6.07) is 13.9. The Morgan fingerprint density at radius 2 is 1.20 bits per heavy atom. The molecule has 0 aliphatic rings. The van der Waals surface area contributed by atoms with Crippen molar-refractivity contribution in [3.05, 3.63) is 48.5 Å². The average molecular weight is 294 g/mol. The first kappa shape index (κ1) is 15.6. The van der Waals surface area contributed by atoms with E-state index >= 15 is 0 Å². The maximum Gasteiger partial charge on any atom is 0.229 e. The molecular formula is C13H18N4O2S. The maximum atomic E-state index is 10.8. The Morgan fingerprint density at radius 1 is 0.800 bits per heavy atom. The van der Waals surface area contributed by atoms with Gasteiger partial charge in [-0.3, -0.25) is 4.72 Å². The number of hydrogen-bond acceptors (Lipinski definition) is 5. The van der Waals surface area contributed by atoms with Crippen LogP contribution in [0, 0.1) is 0 Å².